The van der Waals surface area contributed by atoms with Crippen LogP contribution in [0, 0.1) is 0 Å². The van der Waals surface area contributed by atoms with Crippen molar-refractivity contribution >= 4 is 38.2 Å². The summed E-state index contributed by atoms with van der Waals surface area (Å²) in [5.74, 6) is 0.673. The van der Waals surface area contributed by atoms with Crippen LogP contribution in [0.4, 0.5) is 5.69 Å². The van der Waals surface area contributed by atoms with Gasteiger partial charge in [-0.2, -0.15) is 5.10 Å². The average Bonchev–Trinajstić information content (AvgIpc) is 3.19. The molecule has 1 aromatic heterocycles. The van der Waals surface area contributed by atoms with Crippen molar-refractivity contribution in [2.45, 2.75) is 11.0 Å². The molecule has 1 heterocycles. The van der Waals surface area contributed by atoms with Crippen LogP contribution in [0.5, 0.6) is 5.75 Å². The summed E-state index contributed by atoms with van der Waals surface area (Å²) < 4.78 is 33.3. The van der Waals surface area contributed by atoms with E-state index >= 15 is 0 Å². The molecular formula is C23H23ClN4O4S. The smallest absolute Gasteiger partial charge is 0.261 e. The fraction of sp³-hybridized carbons (Fsp3) is 0.174. The van der Waals surface area contributed by atoms with Crippen LogP contribution < -0.4 is 14.8 Å². The van der Waals surface area contributed by atoms with Crippen LogP contribution in [0.15, 0.2) is 77.7 Å². The van der Waals surface area contributed by atoms with Crippen LogP contribution >= 0.6 is 11.6 Å². The van der Waals surface area contributed by atoms with E-state index in [4.69, 9.17) is 16.3 Å². The van der Waals surface area contributed by atoms with E-state index in [1.54, 1.807) is 48.5 Å². The third-order valence-electron chi connectivity index (χ3n) is 4.94. The zero-order valence-electron chi connectivity index (χ0n) is 17.5. The minimum atomic E-state index is -3.70. The second kappa shape index (κ2) is 10.2. The summed E-state index contributed by atoms with van der Waals surface area (Å²) in [6, 6.07) is 20.3. The molecule has 0 bridgehead atoms. The van der Waals surface area contributed by atoms with Crippen LogP contribution in [0.3, 0.4) is 0 Å². The molecule has 8 nitrogen and oxygen atoms in total. The molecule has 1 atom stereocenters. The molecule has 0 aliphatic carbocycles. The molecule has 0 saturated heterocycles. The van der Waals surface area contributed by atoms with Gasteiger partial charge in [0.05, 0.1) is 16.5 Å². The second-order valence-electron chi connectivity index (χ2n) is 7.33. The lowest BCUT2D eigenvalue weighted by Crippen LogP contribution is -2.26. The highest BCUT2D eigenvalue weighted by Crippen LogP contribution is 2.24. The first-order chi connectivity index (χ1) is 15.9. The number of halogens is 1. The van der Waals surface area contributed by atoms with Gasteiger partial charge in [-0.05, 0) is 42.0 Å². The standard InChI is InChI=1S/C23H23ClN4O4S/c24-23-20-10-9-18(14-21(20)26-27-23)32-12-11-25-15-22(29)16-5-4-6-17(13-16)28-33(30,31)19-7-2-1-3-8-19/h1-10,13-14,22,25,28-29H,11-12,15H2,(H,26,27). The molecular weight excluding hydrogens is 464 g/mol. The highest BCUT2D eigenvalue weighted by atomic mass is 35.5. The Hall–Kier alpha value is -3.11. The quantitative estimate of drug-likeness (QED) is 0.254. The Balaban J connectivity index is 1.26. The van der Waals surface area contributed by atoms with Crippen LogP contribution in [0.25, 0.3) is 10.9 Å². The maximum absolute atomic E-state index is 12.5. The topological polar surface area (TPSA) is 116 Å². The fourth-order valence-electron chi connectivity index (χ4n) is 3.27. The number of aromatic nitrogens is 2. The van der Waals surface area contributed by atoms with Gasteiger partial charge in [0.25, 0.3) is 10.0 Å². The summed E-state index contributed by atoms with van der Waals surface area (Å²) in [6.45, 7) is 1.19. The molecule has 3 aromatic carbocycles. The van der Waals surface area contributed by atoms with Gasteiger partial charge in [0.15, 0.2) is 0 Å². The van der Waals surface area contributed by atoms with E-state index in [0.717, 1.165) is 10.9 Å². The molecule has 0 aliphatic rings. The first-order valence-electron chi connectivity index (χ1n) is 10.3. The highest BCUT2D eigenvalue weighted by molar-refractivity contribution is 7.92. The Morgan fingerprint density at radius 3 is 2.70 bits per heavy atom. The first-order valence-corrected chi connectivity index (χ1v) is 12.1. The van der Waals surface area contributed by atoms with Gasteiger partial charge >= 0.3 is 0 Å². The van der Waals surface area contributed by atoms with Crippen molar-refractivity contribution in [3.8, 4) is 5.75 Å². The monoisotopic (exact) mass is 486 g/mol. The lowest BCUT2D eigenvalue weighted by Gasteiger charge is -2.15. The molecule has 0 aliphatic heterocycles. The molecule has 4 N–H and O–H groups in total. The number of aromatic amines is 1. The molecule has 0 fully saturated rings. The maximum Gasteiger partial charge on any atom is 0.261 e. The molecule has 0 spiro atoms. The molecule has 172 valence electrons. The van der Waals surface area contributed by atoms with Crippen LogP contribution in [0.1, 0.15) is 11.7 Å². The molecule has 1 unspecified atom stereocenters. The summed E-state index contributed by atoms with van der Waals surface area (Å²) in [4.78, 5) is 0.173. The van der Waals surface area contributed by atoms with Gasteiger partial charge in [-0.25, -0.2) is 8.42 Å². The Morgan fingerprint density at radius 2 is 1.88 bits per heavy atom. The Kier molecular flexibility index (Phi) is 7.14. The van der Waals surface area contributed by atoms with E-state index in [-0.39, 0.29) is 11.4 Å². The number of rotatable bonds is 10. The largest absolute Gasteiger partial charge is 0.492 e. The predicted molar refractivity (Wildman–Crippen MR) is 128 cm³/mol. The number of benzene rings is 3. The van der Waals surface area contributed by atoms with Gasteiger partial charge < -0.3 is 15.2 Å². The maximum atomic E-state index is 12.5. The number of nitrogens with one attached hydrogen (secondary N) is 3. The first kappa shape index (κ1) is 23.1. The third-order valence-corrected chi connectivity index (χ3v) is 6.63. The molecule has 0 radical (unpaired) electrons. The van der Waals surface area contributed by atoms with Crippen molar-refractivity contribution in [3.05, 3.63) is 83.5 Å². The number of ether oxygens (including phenoxy) is 1. The van der Waals surface area contributed by atoms with Crippen LogP contribution in [0.2, 0.25) is 5.15 Å². The van der Waals surface area contributed by atoms with Crippen LogP contribution in [-0.2, 0) is 10.0 Å². The average molecular weight is 487 g/mol. The normalized spacial score (nSPS) is 12.5. The Morgan fingerprint density at radius 1 is 1.06 bits per heavy atom. The fourth-order valence-corrected chi connectivity index (χ4v) is 4.54. The summed E-state index contributed by atoms with van der Waals surface area (Å²) in [7, 11) is -3.70. The van der Waals surface area contributed by atoms with Gasteiger partial charge in [0.2, 0.25) is 0 Å². The number of H-pyrrole nitrogens is 1. The number of aliphatic hydroxyl groups excluding tert-OH is 1. The van der Waals surface area contributed by atoms with Crippen molar-refractivity contribution in [2.75, 3.05) is 24.4 Å². The number of sulfonamides is 1. The Labute approximate surface area is 196 Å². The predicted octanol–water partition coefficient (Wildman–Crippen LogP) is 3.72. The van der Waals surface area contributed by atoms with E-state index in [1.165, 1.54) is 12.1 Å². The van der Waals surface area contributed by atoms with E-state index in [0.29, 0.717) is 35.3 Å². The van der Waals surface area contributed by atoms with Crippen LogP contribution in [-0.4, -0.2) is 43.4 Å². The van der Waals surface area contributed by atoms with E-state index < -0.39 is 16.1 Å². The van der Waals surface area contributed by atoms with Crippen molar-refractivity contribution in [3.63, 3.8) is 0 Å². The number of hydrogen-bond donors (Lipinski definition) is 4. The van der Waals surface area contributed by atoms with Crippen molar-refractivity contribution in [2.24, 2.45) is 0 Å². The summed E-state index contributed by atoms with van der Waals surface area (Å²) in [6.07, 6.45) is -0.811. The number of fused-ring (bicyclic) bond motifs is 1. The third kappa shape index (κ3) is 5.82. The molecule has 0 amide bonds. The van der Waals surface area contributed by atoms with Gasteiger partial charge in [-0.1, -0.05) is 41.9 Å². The van der Waals surface area contributed by atoms with E-state index in [2.05, 4.69) is 20.2 Å². The SMILES string of the molecule is O=S(=O)(Nc1cccc(C(O)CNCCOc2ccc3c(Cl)[nH]nc3c2)c1)c1ccccc1. The molecule has 4 rings (SSSR count). The molecule has 0 saturated carbocycles. The Bertz CT molecular complexity index is 1330. The zero-order chi connectivity index (χ0) is 23.3. The minimum Gasteiger partial charge on any atom is -0.492 e. The zero-order valence-corrected chi connectivity index (χ0v) is 19.1. The highest BCUT2D eigenvalue weighted by Gasteiger charge is 2.15. The molecule has 10 heteroatoms. The summed E-state index contributed by atoms with van der Waals surface area (Å²) >= 11 is 5.99. The second-order valence-corrected chi connectivity index (χ2v) is 9.39. The summed E-state index contributed by atoms with van der Waals surface area (Å²) in [5.41, 5.74) is 1.70. The lowest BCUT2D eigenvalue weighted by molar-refractivity contribution is 0.172. The van der Waals surface area contributed by atoms with Gasteiger partial charge in [0, 0.05) is 30.2 Å². The number of nitrogens with zero attached hydrogens (tertiary/aromatic N) is 1. The molecule has 33 heavy (non-hydrogen) atoms. The lowest BCUT2D eigenvalue weighted by atomic mass is 10.1. The van der Waals surface area contributed by atoms with Gasteiger partial charge in [0.1, 0.15) is 17.5 Å². The molecule has 4 aromatic rings. The number of hydrogen-bond acceptors (Lipinski definition) is 6. The minimum absolute atomic E-state index is 0.173. The number of anilines is 1. The van der Waals surface area contributed by atoms with Crippen molar-refractivity contribution < 1.29 is 18.3 Å². The summed E-state index contributed by atoms with van der Waals surface area (Å²) in [5, 5.41) is 21.8. The van der Waals surface area contributed by atoms with E-state index in [9.17, 15) is 13.5 Å². The van der Waals surface area contributed by atoms with E-state index in [1.807, 2.05) is 12.1 Å². The van der Waals surface area contributed by atoms with Gasteiger partial charge in [-0.3, -0.25) is 9.82 Å². The number of aliphatic hydroxyl groups is 1. The van der Waals surface area contributed by atoms with Gasteiger partial charge in [-0.15, -0.1) is 0 Å². The van der Waals surface area contributed by atoms with Crippen molar-refractivity contribution in [1.82, 2.24) is 15.5 Å². The van der Waals surface area contributed by atoms with Crippen molar-refractivity contribution in [1.29, 1.82) is 0 Å².